The van der Waals surface area contributed by atoms with E-state index < -0.39 is 5.91 Å². The number of carbonyl (C=O) groups is 3. The Labute approximate surface area is 150 Å². The highest BCUT2D eigenvalue weighted by Gasteiger charge is 2.24. The molecule has 1 aliphatic rings. The van der Waals surface area contributed by atoms with Crippen molar-refractivity contribution in [2.24, 2.45) is 0 Å². The first kappa shape index (κ1) is 17.6. The Kier molecular flexibility index (Phi) is 4.97. The number of nitrogens with zero attached hydrogens (tertiary/aromatic N) is 4. The van der Waals surface area contributed by atoms with E-state index in [0.717, 1.165) is 0 Å². The van der Waals surface area contributed by atoms with Crippen molar-refractivity contribution >= 4 is 23.5 Å². The summed E-state index contributed by atoms with van der Waals surface area (Å²) in [6, 6.07) is 3.09. The van der Waals surface area contributed by atoms with Crippen LogP contribution in [0.3, 0.4) is 0 Å². The maximum absolute atomic E-state index is 12.6. The van der Waals surface area contributed by atoms with Crippen molar-refractivity contribution in [1.82, 2.24) is 19.9 Å². The van der Waals surface area contributed by atoms with E-state index in [2.05, 4.69) is 15.5 Å². The number of rotatable bonds is 3. The lowest BCUT2D eigenvalue weighted by Gasteiger charge is -2.34. The van der Waals surface area contributed by atoms with E-state index in [1.165, 1.54) is 25.4 Å². The molecule has 3 amide bonds. The number of anilines is 1. The molecule has 2 aromatic heterocycles. The van der Waals surface area contributed by atoms with Crippen LogP contribution in [0.5, 0.6) is 0 Å². The van der Waals surface area contributed by atoms with Crippen LogP contribution >= 0.6 is 0 Å². The van der Waals surface area contributed by atoms with Gasteiger partial charge in [-0.25, -0.2) is 0 Å². The van der Waals surface area contributed by atoms with Crippen LogP contribution < -0.4 is 5.32 Å². The smallest absolute Gasteiger partial charge is 0.258 e. The fourth-order valence-corrected chi connectivity index (χ4v) is 2.70. The van der Waals surface area contributed by atoms with Crippen molar-refractivity contribution in [3.63, 3.8) is 0 Å². The van der Waals surface area contributed by atoms with E-state index in [0.29, 0.717) is 43.3 Å². The molecular formula is C17H19N5O4. The Bertz CT molecular complexity index is 839. The van der Waals surface area contributed by atoms with Gasteiger partial charge in [-0.1, -0.05) is 5.16 Å². The highest BCUT2D eigenvalue weighted by molar-refractivity contribution is 6.05. The van der Waals surface area contributed by atoms with Gasteiger partial charge in [0.25, 0.3) is 11.8 Å². The average Bonchev–Trinajstić information content (AvgIpc) is 3.06. The SMILES string of the molecule is CC(=O)N1CCN(C(=O)c2cncc(C(=O)Nc3cc(C)on3)c2)CC1. The van der Waals surface area contributed by atoms with E-state index in [9.17, 15) is 14.4 Å². The number of hydrogen-bond acceptors (Lipinski definition) is 6. The zero-order chi connectivity index (χ0) is 18.7. The van der Waals surface area contributed by atoms with Gasteiger partial charge in [-0.3, -0.25) is 19.4 Å². The summed E-state index contributed by atoms with van der Waals surface area (Å²) >= 11 is 0. The molecule has 0 bridgehead atoms. The molecule has 1 fully saturated rings. The maximum Gasteiger partial charge on any atom is 0.258 e. The van der Waals surface area contributed by atoms with E-state index in [4.69, 9.17) is 4.52 Å². The molecule has 136 valence electrons. The zero-order valence-electron chi connectivity index (χ0n) is 14.6. The Hall–Kier alpha value is -3.23. The lowest BCUT2D eigenvalue weighted by Crippen LogP contribution is -2.50. The zero-order valence-corrected chi connectivity index (χ0v) is 14.6. The number of amides is 3. The minimum absolute atomic E-state index is 0.000488. The first-order valence-corrected chi connectivity index (χ1v) is 8.18. The second-order valence-corrected chi connectivity index (χ2v) is 6.04. The Balaban J connectivity index is 1.67. The van der Waals surface area contributed by atoms with Crippen molar-refractivity contribution in [1.29, 1.82) is 0 Å². The number of aryl methyl sites for hydroxylation is 1. The molecule has 0 aromatic carbocycles. The van der Waals surface area contributed by atoms with Crippen molar-refractivity contribution in [2.75, 3.05) is 31.5 Å². The number of piperazine rings is 1. The summed E-state index contributed by atoms with van der Waals surface area (Å²) in [6.45, 7) is 5.13. The molecule has 0 atom stereocenters. The summed E-state index contributed by atoms with van der Waals surface area (Å²) < 4.78 is 4.90. The second kappa shape index (κ2) is 7.34. The van der Waals surface area contributed by atoms with Crippen molar-refractivity contribution < 1.29 is 18.9 Å². The van der Waals surface area contributed by atoms with Gasteiger partial charge in [0.1, 0.15) is 5.76 Å². The molecule has 26 heavy (non-hydrogen) atoms. The molecule has 3 heterocycles. The summed E-state index contributed by atoms with van der Waals surface area (Å²) in [5.74, 6) is 0.228. The van der Waals surface area contributed by atoms with Gasteiger partial charge >= 0.3 is 0 Å². The highest BCUT2D eigenvalue weighted by atomic mass is 16.5. The van der Waals surface area contributed by atoms with Crippen LogP contribution in [-0.2, 0) is 4.79 Å². The van der Waals surface area contributed by atoms with Crippen LogP contribution in [0.2, 0.25) is 0 Å². The van der Waals surface area contributed by atoms with E-state index in [-0.39, 0.29) is 17.4 Å². The first-order valence-electron chi connectivity index (χ1n) is 8.18. The van der Waals surface area contributed by atoms with Gasteiger partial charge in [0, 0.05) is 51.6 Å². The number of hydrogen-bond donors (Lipinski definition) is 1. The van der Waals surface area contributed by atoms with Crippen molar-refractivity contribution in [3.05, 3.63) is 41.4 Å². The standard InChI is InChI=1S/C17H19N5O4/c1-11-7-15(20-26-11)19-16(24)13-8-14(10-18-9-13)17(25)22-5-3-21(4-6-22)12(2)23/h7-10H,3-6H2,1-2H3,(H,19,20,24). The van der Waals surface area contributed by atoms with Crippen molar-refractivity contribution in [2.45, 2.75) is 13.8 Å². The van der Waals surface area contributed by atoms with Gasteiger partial charge in [0.05, 0.1) is 11.1 Å². The number of nitrogens with one attached hydrogen (secondary N) is 1. The van der Waals surface area contributed by atoms with Crippen LogP contribution in [0.15, 0.2) is 29.0 Å². The maximum atomic E-state index is 12.6. The third kappa shape index (κ3) is 3.88. The molecule has 0 spiro atoms. The fraction of sp³-hybridized carbons (Fsp3) is 0.353. The minimum atomic E-state index is -0.429. The Morgan fingerprint density at radius 1 is 1.04 bits per heavy atom. The summed E-state index contributed by atoms with van der Waals surface area (Å²) in [5, 5.41) is 6.29. The second-order valence-electron chi connectivity index (χ2n) is 6.04. The molecule has 2 aromatic rings. The predicted octanol–water partition coefficient (Wildman–Crippen LogP) is 0.935. The number of carbonyl (C=O) groups excluding carboxylic acids is 3. The van der Waals surface area contributed by atoms with Crippen LogP contribution in [-0.4, -0.2) is 63.8 Å². The molecule has 1 aliphatic heterocycles. The third-order valence-electron chi connectivity index (χ3n) is 4.13. The Morgan fingerprint density at radius 3 is 2.31 bits per heavy atom. The Morgan fingerprint density at radius 2 is 1.69 bits per heavy atom. The number of aromatic nitrogens is 2. The monoisotopic (exact) mass is 357 g/mol. The average molecular weight is 357 g/mol. The topological polar surface area (TPSA) is 109 Å². The molecule has 0 aliphatic carbocycles. The summed E-state index contributed by atoms with van der Waals surface area (Å²) in [7, 11) is 0. The molecular weight excluding hydrogens is 338 g/mol. The van der Waals surface area contributed by atoms with Crippen LogP contribution in [0.25, 0.3) is 0 Å². The molecule has 0 unspecified atom stereocenters. The fourth-order valence-electron chi connectivity index (χ4n) is 2.70. The molecule has 3 rings (SSSR count). The van der Waals surface area contributed by atoms with Crippen LogP contribution in [0, 0.1) is 6.92 Å². The van der Waals surface area contributed by atoms with E-state index in [1.807, 2.05) is 0 Å². The van der Waals surface area contributed by atoms with Gasteiger partial charge in [-0.2, -0.15) is 0 Å². The highest BCUT2D eigenvalue weighted by Crippen LogP contribution is 2.13. The van der Waals surface area contributed by atoms with E-state index >= 15 is 0 Å². The molecule has 1 saturated heterocycles. The first-order chi connectivity index (χ1) is 12.4. The lowest BCUT2D eigenvalue weighted by atomic mass is 10.1. The molecule has 1 N–H and O–H groups in total. The van der Waals surface area contributed by atoms with Gasteiger partial charge in [0.15, 0.2) is 5.82 Å². The summed E-state index contributed by atoms with van der Waals surface area (Å²) in [5.41, 5.74) is 0.573. The number of pyridine rings is 1. The van der Waals surface area contributed by atoms with Crippen molar-refractivity contribution in [3.8, 4) is 0 Å². The molecule has 0 saturated carbocycles. The van der Waals surface area contributed by atoms with Crippen LogP contribution in [0.4, 0.5) is 5.82 Å². The van der Waals surface area contributed by atoms with Gasteiger partial charge in [0.2, 0.25) is 5.91 Å². The largest absolute Gasteiger partial charge is 0.360 e. The molecule has 9 heteroatoms. The third-order valence-corrected chi connectivity index (χ3v) is 4.13. The van der Waals surface area contributed by atoms with Gasteiger partial charge in [-0.15, -0.1) is 0 Å². The summed E-state index contributed by atoms with van der Waals surface area (Å²) in [6.07, 6.45) is 2.81. The predicted molar refractivity (Wildman–Crippen MR) is 91.6 cm³/mol. The molecule has 9 nitrogen and oxygen atoms in total. The van der Waals surface area contributed by atoms with Crippen LogP contribution in [0.1, 0.15) is 33.4 Å². The molecule has 0 radical (unpaired) electrons. The normalized spacial score (nSPS) is 14.2. The van der Waals surface area contributed by atoms with Gasteiger partial charge < -0.3 is 19.6 Å². The summed E-state index contributed by atoms with van der Waals surface area (Å²) in [4.78, 5) is 43.6. The quantitative estimate of drug-likeness (QED) is 0.875. The van der Waals surface area contributed by atoms with E-state index in [1.54, 1.807) is 22.8 Å². The lowest BCUT2D eigenvalue weighted by molar-refractivity contribution is -0.130. The van der Waals surface area contributed by atoms with Gasteiger partial charge in [-0.05, 0) is 13.0 Å². The minimum Gasteiger partial charge on any atom is -0.360 e.